The van der Waals surface area contributed by atoms with Gasteiger partial charge in [0.05, 0.1) is 0 Å². The van der Waals surface area contributed by atoms with Crippen molar-refractivity contribution in [1.29, 1.82) is 0 Å². The Morgan fingerprint density at radius 1 is 1.29 bits per heavy atom. The average molecular weight is 256 g/mol. The highest BCUT2D eigenvalue weighted by molar-refractivity contribution is 8.00. The first kappa shape index (κ1) is 13.7. The molecule has 0 bridgehead atoms. The van der Waals surface area contributed by atoms with Crippen LogP contribution < -0.4 is 5.32 Å². The molecule has 0 spiro atoms. The van der Waals surface area contributed by atoms with Crippen LogP contribution in [-0.4, -0.2) is 47.6 Å². The molecule has 2 fully saturated rings. The first-order chi connectivity index (χ1) is 7.98. The third-order valence-electron chi connectivity index (χ3n) is 4.09. The minimum Gasteiger partial charge on any atom is -0.313 e. The van der Waals surface area contributed by atoms with E-state index < -0.39 is 0 Å². The Morgan fingerprint density at radius 3 is 2.65 bits per heavy atom. The Hall–Kier alpha value is 0.270. The van der Waals surface area contributed by atoms with E-state index in [-0.39, 0.29) is 0 Å². The van der Waals surface area contributed by atoms with Crippen molar-refractivity contribution >= 4 is 11.8 Å². The van der Waals surface area contributed by atoms with E-state index in [1.54, 1.807) is 0 Å². The lowest BCUT2D eigenvalue weighted by atomic mass is 9.91. The molecular formula is C14H28N2S. The maximum absolute atomic E-state index is 3.68. The molecule has 1 heterocycles. The van der Waals surface area contributed by atoms with Crippen molar-refractivity contribution in [3.05, 3.63) is 0 Å². The largest absolute Gasteiger partial charge is 0.313 e. The van der Waals surface area contributed by atoms with E-state index in [4.69, 9.17) is 0 Å². The van der Waals surface area contributed by atoms with Crippen LogP contribution in [0.25, 0.3) is 0 Å². The van der Waals surface area contributed by atoms with Crippen molar-refractivity contribution in [3.63, 3.8) is 0 Å². The molecule has 0 radical (unpaired) electrons. The topological polar surface area (TPSA) is 15.3 Å². The first-order valence-electron chi connectivity index (χ1n) is 7.07. The maximum atomic E-state index is 3.68. The highest BCUT2D eigenvalue weighted by Crippen LogP contribution is 2.28. The highest BCUT2D eigenvalue weighted by atomic mass is 32.2. The van der Waals surface area contributed by atoms with Crippen LogP contribution in [-0.2, 0) is 0 Å². The minimum absolute atomic E-state index is 0.401. The van der Waals surface area contributed by atoms with E-state index in [0.29, 0.717) is 5.41 Å². The van der Waals surface area contributed by atoms with Crippen molar-refractivity contribution in [2.24, 2.45) is 5.41 Å². The molecule has 0 aromatic carbocycles. The van der Waals surface area contributed by atoms with Gasteiger partial charge in [0, 0.05) is 42.7 Å². The fraction of sp³-hybridized carbons (Fsp3) is 1.00. The van der Waals surface area contributed by atoms with Crippen LogP contribution in [0.15, 0.2) is 0 Å². The van der Waals surface area contributed by atoms with Crippen molar-refractivity contribution in [1.82, 2.24) is 10.2 Å². The van der Waals surface area contributed by atoms with Gasteiger partial charge in [-0.25, -0.2) is 0 Å². The maximum Gasteiger partial charge on any atom is 0.0184 e. The molecule has 2 rings (SSSR count). The van der Waals surface area contributed by atoms with Gasteiger partial charge in [-0.1, -0.05) is 20.8 Å². The molecule has 2 aliphatic rings. The summed E-state index contributed by atoms with van der Waals surface area (Å²) in [5.74, 6) is 1.30. The molecule has 1 saturated heterocycles. The number of nitrogens with one attached hydrogen (secondary N) is 1. The minimum atomic E-state index is 0.401. The van der Waals surface area contributed by atoms with Crippen LogP contribution in [0.2, 0.25) is 0 Å². The fourth-order valence-corrected chi connectivity index (χ4v) is 3.69. The SMILES string of the molecule is CC1SCCN(CC(C)(C)CNC2CC2)C1C. The predicted molar refractivity (Wildman–Crippen MR) is 77.8 cm³/mol. The van der Waals surface area contributed by atoms with E-state index in [2.05, 4.69) is 49.7 Å². The molecular weight excluding hydrogens is 228 g/mol. The second kappa shape index (κ2) is 5.50. The highest BCUT2D eigenvalue weighted by Gasteiger charge is 2.31. The Morgan fingerprint density at radius 2 is 2.00 bits per heavy atom. The number of rotatable bonds is 5. The molecule has 2 atom stereocenters. The molecule has 1 N–H and O–H groups in total. The summed E-state index contributed by atoms with van der Waals surface area (Å²) in [5, 5.41) is 4.47. The summed E-state index contributed by atoms with van der Waals surface area (Å²) < 4.78 is 0. The van der Waals surface area contributed by atoms with Gasteiger partial charge in [-0.05, 0) is 25.2 Å². The summed E-state index contributed by atoms with van der Waals surface area (Å²) in [5.41, 5.74) is 0.401. The van der Waals surface area contributed by atoms with Crippen molar-refractivity contribution in [2.75, 3.05) is 25.4 Å². The lowest BCUT2D eigenvalue weighted by Crippen LogP contribution is -2.50. The molecule has 100 valence electrons. The Bertz CT molecular complexity index is 251. The molecule has 17 heavy (non-hydrogen) atoms. The summed E-state index contributed by atoms with van der Waals surface area (Å²) in [6, 6.07) is 1.57. The van der Waals surface area contributed by atoms with Crippen molar-refractivity contribution in [3.8, 4) is 0 Å². The van der Waals surface area contributed by atoms with E-state index in [0.717, 1.165) is 17.3 Å². The van der Waals surface area contributed by atoms with Gasteiger partial charge >= 0.3 is 0 Å². The Balaban J connectivity index is 1.80. The van der Waals surface area contributed by atoms with Crippen molar-refractivity contribution < 1.29 is 0 Å². The van der Waals surface area contributed by atoms with Crippen LogP contribution in [0.3, 0.4) is 0 Å². The molecule has 2 unspecified atom stereocenters. The lowest BCUT2D eigenvalue weighted by molar-refractivity contribution is 0.137. The number of hydrogen-bond donors (Lipinski definition) is 1. The zero-order valence-electron chi connectivity index (χ0n) is 11.8. The molecule has 0 aromatic heterocycles. The van der Waals surface area contributed by atoms with Gasteiger partial charge in [-0.3, -0.25) is 4.90 Å². The predicted octanol–water partition coefficient (Wildman–Crippen LogP) is 2.59. The second-order valence-electron chi connectivity index (χ2n) is 6.61. The van der Waals surface area contributed by atoms with Gasteiger partial charge in [-0.2, -0.15) is 11.8 Å². The van der Waals surface area contributed by atoms with E-state index in [9.17, 15) is 0 Å². The van der Waals surface area contributed by atoms with Gasteiger partial charge in [0.1, 0.15) is 0 Å². The number of hydrogen-bond acceptors (Lipinski definition) is 3. The smallest absolute Gasteiger partial charge is 0.0184 e. The van der Waals surface area contributed by atoms with E-state index >= 15 is 0 Å². The fourth-order valence-electron chi connectivity index (χ4n) is 2.53. The summed E-state index contributed by atoms with van der Waals surface area (Å²) in [6.07, 6.45) is 2.79. The molecule has 2 nitrogen and oxygen atoms in total. The Labute approximate surface area is 111 Å². The summed E-state index contributed by atoms with van der Waals surface area (Å²) in [7, 11) is 0. The lowest BCUT2D eigenvalue weighted by Gasteiger charge is -2.42. The molecule has 1 aliphatic carbocycles. The third kappa shape index (κ3) is 4.15. The van der Waals surface area contributed by atoms with E-state index in [1.807, 2.05) is 0 Å². The molecule has 1 aliphatic heterocycles. The summed E-state index contributed by atoms with van der Waals surface area (Å²) in [6.45, 7) is 13.2. The summed E-state index contributed by atoms with van der Waals surface area (Å²) in [4.78, 5) is 2.69. The van der Waals surface area contributed by atoms with Crippen LogP contribution in [0.5, 0.6) is 0 Å². The Kier molecular flexibility index (Phi) is 4.43. The molecule has 3 heteroatoms. The third-order valence-corrected chi connectivity index (χ3v) is 5.43. The number of nitrogens with zero attached hydrogens (tertiary/aromatic N) is 1. The standard InChI is InChI=1S/C14H28N2S/c1-11-12(2)17-8-7-16(11)10-14(3,4)9-15-13-5-6-13/h11-13,15H,5-10H2,1-4H3. The van der Waals surface area contributed by atoms with Gasteiger partial charge in [0.15, 0.2) is 0 Å². The van der Waals surface area contributed by atoms with E-state index in [1.165, 1.54) is 38.2 Å². The van der Waals surface area contributed by atoms with Gasteiger partial charge < -0.3 is 5.32 Å². The van der Waals surface area contributed by atoms with Gasteiger partial charge in [-0.15, -0.1) is 0 Å². The van der Waals surface area contributed by atoms with Crippen LogP contribution in [0.4, 0.5) is 0 Å². The number of thioether (sulfide) groups is 1. The monoisotopic (exact) mass is 256 g/mol. The van der Waals surface area contributed by atoms with Crippen LogP contribution in [0, 0.1) is 5.41 Å². The zero-order valence-corrected chi connectivity index (χ0v) is 12.6. The van der Waals surface area contributed by atoms with Gasteiger partial charge in [0.2, 0.25) is 0 Å². The van der Waals surface area contributed by atoms with Crippen LogP contribution in [0.1, 0.15) is 40.5 Å². The zero-order chi connectivity index (χ0) is 12.5. The van der Waals surface area contributed by atoms with Crippen LogP contribution >= 0.6 is 11.8 Å². The summed E-state index contributed by atoms with van der Waals surface area (Å²) >= 11 is 2.13. The van der Waals surface area contributed by atoms with Gasteiger partial charge in [0.25, 0.3) is 0 Å². The second-order valence-corrected chi connectivity index (χ2v) is 8.09. The normalized spacial score (nSPS) is 31.8. The first-order valence-corrected chi connectivity index (χ1v) is 8.12. The molecule has 1 saturated carbocycles. The quantitative estimate of drug-likeness (QED) is 0.814. The van der Waals surface area contributed by atoms with Crippen molar-refractivity contribution in [2.45, 2.75) is 57.9 Å². The molecule has 0 amide bonds. The molecule has 0 aromatic rings. The average Bonchev–Trinajstić information content (AvgIpc) is 3.06.